The maximum atomic E-state index is 5.62. The zero-order chi connectivity index (χ0) is 17.8. The van der Waals surface area contributed by atoms with E-state index in [2.05, 4.69) is 27.5 Å². The maximum Gasteiger partial charge on any atom is 0.151 e. The maximum absolute atomic E-state index is 5.62. The normalized spacial score (nSPS) is 17.3. The summed E-state index contributed by atoms with van der Waals surface area (Å²) < 4.78 is 11.2. The predicted octanol–water partition coefficient (Wildman–Crippen LogP) is 3.92. The van der Waals surface area contributed by atoms with Crippen LogP contribution in [0.1, 0.15) is 17.4 Å². The minimum absolute atomic E-state index is 0. The molecule has 1 aliphatic heterocycles. The van der Waals surface area contributed by atoms with Crippen LogP contribution in [0.15, 0.2) is 65.2 Å². The molecule has 0 spiro atoms. The fraction of sp³-hybridized carbons (Fsp3) is 0.286. The minimum atomic E-state index is 0. The molecule has 5 nitrogen and oxygen atoms in total. The Labute approximate surface area is 165 Å². The molecule has 6 heteroatoms. The second kappa shape index (κ2) is 9.04. The molecule has 2 aromatic carbocycles. The molecule has 1 fully saturated rings. The number of methoxy groups -OCH3 is 1. The van der Waals surface area contributed by atoms with E-state index in [9.17, 15) is 0 Å². The average molecular weight is 386 g/mol. The van der Waals surface area contributed by atoms with Gasteiger partial charge in [-0.1, -0.05) is 53.7 Å². The number of rotatable bonds is 5. The van der Waals surface area contributed by atoms with Crippen molar-refractivity contribution in [2.24, 2.45) is 0 Å². The summed E-state index contributed by atoms with van der Waals surface area (Å²) in [5.41, 5.74) is 3.15. The molecule has 27 heavy (non-hydrogen) atoms. The van der Waals surface area contributed by atoms with Crippen LogP contribution in [0.25, 0.3) is 11.3 Å². The number of halogens is 1. The standard InChI is InChI=1S/C21H23N3O2.ClH/c1-25-21-10-6-5-9-18(21)20-14-22-11-12-24(20)15-17-13-19(23-26-17)16-7-3-2-4-8-16;/h2-10,13,20,22H,11-12,14-15H2,1H3;1H. The summed E-state index contributed by atoms with van der Waals surface area (Å²) in [6.07, 6.45) is 0. The SMILES string of the molecule is COc1ccccc1C1CNCCN1Cc1cc(-c2ccccc2)no1.Cl. The Morgan fingerprint density at radius 3 is 2.74 bits per heavy atom. The smallest absolute Gasteiger partial charge is 0.151 e. The van der Waals surface area contributed by atoms with Gasteiger partial charge in [0, 0.05) is 36.8 Å². The first kappa shape index (κ1) is 19.4. The number of hydrogen-bond acceptors (Lipinski definition) is 5. The second-order valence-electron chi connectivity index (χ2n) is 6.48. The van der Waals surface area contributed by atoms with Crippen molar-refractivity contribution in [3.8, 4) is 17.0 Å². The third-order valence-corrected chi connectivity index (χ3v) is 4.84. The van der Waals surface area contributed by atoms with Crippen LogP contribution in [-0.4, -0.2) is 36.8 Å². The molecule has 0 radical (unpaired) electrons. The molecule has 1 saturated heterocycles. The van der Waals surface area contributed by atoms with Crippen LogP contribution in [0.3, 0.4) is 0 Å². The topological polar surface area (TPSA) is 50.5 Å². The van der Waals surface area contributed by atoms with Gasteiger partial charge in [-0.25, -0.2) is 0 Å². The van der Waals surface area contributed by atoms with Gasteiger partial charge in [-0.3, -0.25) is 4.90 Å². The monoisotopic (exact) mass is 385 g/mol. The van der Waals surface area contributed by atoms with Gasteiger partial charge in [0.1, 0.15) is 11.4 Å². The van der Waals surface area contributed by atoms with Gasteiger partial charge in [-0.2, -0.15) is 0 Å². The van der Waals surface area contributed by atoms with Crippen LogP contribution in [0.4, 0.5) is 0 Å². The van der Waals surface area contributed by atoms with E-state index in [1.807, 2.05) is 48.5 Å². The van der Waals surface area contributed by atoms with E-state index in [0.717, 1.165) is 48.9 Å². The number of para-hydroxylation sites is 1. The third kappa shape index (κ3) is 4.33. The Bertz CT molecular complexity index is 853. The van der Waals surface area contributed by atoms with Crippen LogP contribution in [0, 0.1) is 0 Å². The van der Waals surface area contributed by atoms with E-state index in [0.29, 0.717) is 0 Å². The number of nitrogens with one attached hydrogen (secondary N) is 1. The Balaban J connectivity index is 0.00000210. The van der Waals surface area contributed by atoms with Gasteiger partial charge >= 0.3 is 0 Å². The first-order valence-electron chi connectivity index (χ1n) is 8.94. The zero-order valence-electron chi connectivity index (χ0n) is 15.3. The van der Waals surface area contributed by atoms with Gasteiger partial charge in [0.15, 0.2) is 5.76 Å². The van der Waals surface area contributed by atoms with Gasteiger partial charge in [-0.15, -0.1) is 12.4 Å². The van der Waals surface area contributed by atoms with E-state index in [1.165, 1.54) is 5.56 Å². The molecule has 142 valence electrons. The summed E-state index contributed by atoms with van der Waals surface area (Å²) in [5, 5.41) is 7.73. The molecular weight excluding hydrogens is 362 g/mol. The van der Waals surface area contributed by atoms with Gasteiger partial charge in [-0.05, 0) is 6.07 Å². The molecule has 1 unspecified atom stereocenters. The highest BCUT2D eigenvalue weighted by molar-refractivity contribution is 5.85. The van der Waals surface area contributed by atoms with Gasteiger partial charge in [0.2, 0.25) is 0 Å². The number of hydrogen-bond donors (Lipinski definition) is 1. The summed E-state index contributed by atoms with van der Waals surface area (Å²) in [4.78, 5) is 2.42. The highest BCUT2D eigenvalue weighted by atomic mass is 35.5. The second-order valence-corrected chi connectivity index (χ2v) is 6.48. The lowest BCUT2D eigenvalue weighted by atomic mass is 10.0. The Morgan fingerprint density at radius 2 is 1.93 bits per heavy atom. The summed E-state index contributed by atoms with van der Waals surface area (Å²) in [5.74, 6) is 1.80. The lowest BCUT2D eigenvalue weighted by Gasteiger charge is -2.36. The van der Waals surface area contributed by atoms with Crippen molar-refractivity contribution in [2.75, 3.05) is 26.7 Å². The Kier molecular flexibility index (Phi) is 6.50. The van der Waals surface area contributed by atoms with Crippen molar-refractivity contribution >= 4 is 12.4 Å². The first-order valence-corrected chi connectivity index (χ1v) is 8.94. The fourth-order valence-electron chi connectivity index (χ4n) is 3.52. The molecule has 2 heterocycles. The summed E-state index contributed by atoms with van der Waals surface area (Å²) in [6, 6.07) is 20.6. The number of ether oxygens (including phenoxy) is 1. The molecule has 4 rings (SSSR count). The fourth-order valence-corrected chi connectivity index (χ4v) is 3.52. The number of benzene rings is 2. The predicted molar refractivity (Wildman–Crippen MR) is 108 cm³/mol. The molecule has 1 N–H and O–H groups in total. The van der Waals surface area contributed by atoms with Gasteiger partial charge in [0.05, 0.1) is 19.7 Å². The van der Waals surface area contributed by atoms with E-state index >= 15 is 0 Å². The van der Waals surface area contributed by atoms with Crippen LogP contribution in [0.2, 0.25) is 0 Å². The highest BCUT2D eigenvalue weighted by Crippen LogP contribution is 2.31. The van der Waals surface area contributed by atoms with E-state index in [1.54, 1.807) is 7.11 Å². The lowest BCUT2D eigenvalue weighted by molar-refractivity contribution is 0.136. The van der Waals surface area contributed by atoms with Crippen molar-refractivity contribution in [2.45, 2.75) is 12.6 Å². The molecule has 0 aliphatic carbocycles. The van der Waals surface area contributed by atoms with Crippen molar-refractivity contribution in [1.82, 2.24) is 15.4 Å². The van der Waals surface area contributed by atoms with E-state index < -0.39 is 0 Å². The summed E-state index contributed by atoms with van der Waals surface area (Å²) >= 11 is 0. The molecule has 0 bridgehead atoms. The number of aromatic nitrogens is 1. The zero-order valence-corrected chi connectivity index (χ0v) is 16.1. The Morgan fingerprint density at radius 1 is 1.15 bits per heavy atom. The number of piperazine rings is 1. The molecule has 3 aromatic rings. The largest absolute Gasteiger partial charge is 0.496 e. The van der Waals surface area contributed by atoms with Crippen LogP contribution >= 0.6 is 12.4 Å². The van der Waals surface area contributed by atoms with Crippen LogP contribution < -0.4 is 10.1 Å². The Hall–Kier alpha value is -2.34. The molecule has 1 aliphatic rings. The van der Waals surface area contributed by atoms with Crippen molar-refractivity contribution in [1.29, 1.82) is 0 Å². The lowest BCUT2D eigenvalue weighted by Crippen LogP contribution is -2.45. The van der Waals surface area contributed by atoms with E-state index in [-0.39, 0.29) is 18.4 Å². The third-order valence-electron chi connectivity index (χ3n) is 4.84. The molecule has 0 amide bonds. The minimum Gasteiger partial charge on any atom is -0.496 e. The highest BCUT2D eigenvalue weighted by Gasteiger charge is 2.27. The summed E-state index contributed by atoms with van der Waals surface area (Å²) in [7, 11) is 1.72. The van der Waals surface area contributed by atoms with Gasteiger partial charge < -0.3 is 14.6 Å². The van der Waals surface area contributed by atoms with Crippen LogP contribution in [-0.2, 0) is 6.54 Å². The molecule has 1 aromatic heterocycles. The van der Waals surface area contributed by atoms with Crippen molar-refractivity contribution in [3.63, 3.8) is 0 Å². The van der Waals surface area contributed by atoms with Gasteiger partial charge in [0.25, 0.3) is 0 Å². The van der Waals surface area contributed by atoms with Crippen molar-refractivity contribution in [3.05, 3.63) is 72.0 Å². The quantitative estimate of drug-likeness (QED) is 0.721. The molecule has 0 saturated carbocycles. The van der Waals surface area contributed by atoms with Crippen molar-refractivity contribution < 1.29 is 9.26 Å². The summed E-state index contributed by atoms with van der Waals surface area (Å²) in [6.45, 7) is 3.53. The number of nitrogens with zero attached hydrogens (tertiary/aromatic N) is 2. The average Bonchev–Trinajstić information content (AvgIpc) is 3.18. The first-order chi connectivity index (χ1) is 12.8. The molecule has 1 atom stereocenters. The van der Waals surface area contributed by atoms with Crippen LogP contribution in [0.5, 0.6) is 5.75 Å². The van der Waals surface area contributed by atoms with E-state index in [4.69, 9.17) is 9.26 Å². The molecular formula is C21H24ClN3O2.